The smallest absolute Gasteiger partial charge is 0.260 e. The lowest BCUT2D eigenvalue weighted by Gasteiger charge is -2.24. The van der Waals surface area contributed by atoms with Gasteiger partial charge in [-0.1, -0.05) is 0 Å². The Morgan fingerprint density at radius 2 is 2.24 bits per heavy atom. The number of nitrogens with zero attached hydrogens (tertiary/aromatic N) is 2. The minimum absolute atomic E-state index is 0.0758. The van der Waals surface area contributed by atoms with E-state index >= 15 is 0 Å². The number of halogens is 1. The maximum atomic E-state index is 12.5. The van der Waals surface area contributed by atoms with Gasteiger partial charge >= 0.3 is 0 Å². The third kappa shape index (κ3) is 5.35. The first-order valence-corrected chi connectivity index (χ1v) is 9.23. The van der Waals surface area contributed by atoms with Gasteiger partial charge in [0.05, 0.1) is 29.3 Å². The molecule has 0 spiro atoms. The van der Waals surface area contributed by atoms with Crippen LogP contribution in [0.15, 0.2) is 16.6 Å². The van der Waals surface area contributed by atoms with E-state index in [1.165, 1.54) is 0 Å². The second kappa shape index (κ2) is 9.64. The highest BCUT2D eigenvalue weighted by Crippen LogP contribution is 2.36. The van der Waals surface area contributed by atoms with Crippen LogP contribution in [0.5, 0.6) is 11.5 Å². The van der Waals surface area contributed by atoms with E-state index < -0.39 is 0 Å². The number of hydrogen-bond donors (Lipinski definition) is 0. The molecule has 0 saturated carbocycles. The van der Waals surface area contributed by atoms with Crippen molar-refractivity contribution >= 4 is 21.8 Å². The van der Waals surface area contributed by atoms with Crippen molar-refractivity contribution in [3.8, 4) is 17.6 Å². The summed E-state index contributed by atoms with van der Waals surface area (Å²) in [6.07, 6.45) is 0.986. The summed E-state index contributed by atoms with van der Waals surface area (Å²) in [5.41, 5.74) is 0.463. The van der Waals surface area contributed by atoms with Gasteiger partial charge in [0.25, 0.3) is 5.91 Å². The largest absolute Gasteiger partial charge is 0.490 e. The molecule has 6 nitrogen and oxygen atoms in total. The molecule has 1 aliphatic rings. The van der Waals surface area contributed by atoms with Gasteiger partial charge in [0.2, 0.25) is 0 Å². The van der Waals surface area contributed by atoms with Gasteiger partial charge in [0.15, 0.2) is 18.1 Å². The van der Waals surface area contributed by atoms with Crippen LogP contribution >= 0.6 is 15.9 Å². The van der Waals surface area contributed by atoms with Gasteiger partial charge in [0, 0.05) is 31.7 Å². The number of benzene rings is 1. The fourth-order valence-corrected chi connectivity index (χ4v) is 3.26. The van der Waals surface area contributed by atoms with Crippen LogP contribution in [0.3, 0.4) is 0 Å². The van der Waals surface area contributed by atoms with E-state index in [-0.39, 0.29) is 12.5 Å². The molecule has 1 saturated heterocycles. The van der Waals surface area contributed by atoms with Crippen molar-refractivity contribution < 1.29 is 19.0 Å². The van der Waals surface area contributed by atoms with Gasteiger partial charge in [-0.05, 0) is 42.3 Å². The number of rotatable bonds is 8. The zero-order valence-electron chi connectivity index (χ0n) is 14.6. The number of nitriles is 1. The lowest BCUT2D eigenvalue weighted by Crippen LogP contribution is -2.38. The van der Waals surface area contributed by atoms with Crippen LogP contribution in [0.4, 0.5) is 0 Å². The van der Waals surface area contributed by atoms with Crippen molar-refractivity contribution in [2.24, 2.45) is 5.92 Å². The van der Waals surface area contributed by atoms with E-state index in [4.69, 9.17) is 19.5 Å². The number of ether oxygens (including phenoxy) is 3. The summed E-state index contributed by atoms with van der Waals surface area (Å²) >= 11 is 3.39. The molecule has 0 aliphatic carbocycles. The highest BCUT2D eigenvalue weighted by atomic mass is 79.9. The van der Waals surface area contributed by atoms with Crippen LogP contribution in [0.1, 0.15) is 25.8 Å². The van der Waals surface area contributed by atoms with Gasteiger partial charge in [0.1, 0.15) is 0 Å². The van der Waals surface area contributed by atoms with Crippen LogP contribution in [0, 0.1) is 17.2 Å². The zero-order chi connectivity index (χ0) is 18.2. The molecule has 0 radical (unpaired) electrons. The fourth-order valence-electron chi connectivity index (χ4n) is 2.71. The lowest BCUT2D eigenvalue weighted by molar-refractivity contribution is -0.133. The molecule has 136 valence electrons. The minimum atomic E-state index is -0.0774. The first-order valence-electron chi connectivity index (χ1n) is 8.43. The molecule has 7 heteroatoms. The predicted molar refractivity (Wildman–Crippen MR) is 96.7 cm³/mol. The van der Waals surface area contributed by atoms with Crippen molar-refractivity contribution in [2.45, 2.75) is 20.3 Å². The Balaban J connectivity index is 2.03. The Bertz CT molecular complexity index is 639. The summed E-state index contributed by atoms with van der Waals surface area (Å²) < 4.78 is 17.2. The molecular formula is C18H23BrN2O4. The Kier molecular flexibility index (Phi) is 7.53. The normalized spacial score (nSPS) is 16.3. The van der Waals surface area contributed by atoms with Gasteiger partial charge in [-0.2, -0.15) is 5.26 Å². The highest BCUT2D eigenvalue weighted by Gasteiger charge is 2.22. The molecule has 1 atom stereocenters. The van der Waals surface area contributed by atoms with Gasteiger partial charge in [-0.25, -0.2) is 0 Å². The number of amides is 1. The van der Waals surface area contributed by atoms with E-state index in [1.807, 2.05) is 13.8 Å². The fraction of sp³-hybridized carbons (Fsp3) is 0.556. The van der Waals surface area contributed by atoms with Crippen molar-refractivity contribution in [1.82, 2.24) is 4.90 Å². The average molecular weight is 411 g/mol. The topological polar surface area (TPSA) is 71.8 Å². The van der Waals surface area contributed by atoms with Crippen LogP contribution in [-0.2, 0) is 9.53 Å². The highest BCUT2D eigenvalue weighted by molar-refractivity contribution is 9.10. The number of carbonyl (C=O) groups is 1. The Hall–Kier alpha value is -1.78. The zero-order valence-corrected chi connectivity index (χ0v) is 16.2. The van der Waals surface area contributed by atoms with Gasteiger partial charge in [-0.3, -0.25) is 4.79 Å². The molecular weight excluding hydrogens is 388 g/mol. The average Bonchev–Trinajstić information content (AvgIpc) is 3.11. The molecule has 1 heterocycles. The van der Waals surface area contributed by atoms with E-state index in [0.717, 1.165) is 13.0 Å². The van der Waals surface area contributed by atoms with Gasteiger partial charge < -0.3 is 19.1 Å². The molecule has 0 bridgehead atoms. The third-order valence-corrected chi connectivity index (χ3v) is 4.60. The minimum Gasteiger partial charge on any atom is -0.490 e. The molecule has 1 aromatic carbocycles. The van der Waals surface area contributed by atoms with Crippen LogP contribution < -0.4 is 9.47 Å². The SMILES string of the molecule is CCOc1cc(C#N)cc(Br)c1OCC(=O)N(CC)CC1CCOC1. The molecule has 1 aromatic rings. The van der Waals surface area contributed by atoms with Crippen LogP contribution in [0.25, 0.3) is 0 Å². The van der Waals surface area contributed by atoms with Crippen LogP contribution in [0.2, 0.25) is 0 Å². The summed E-state index contributed by atoms with van der Waals surface area (Å²) in [4.78, 5) is 14.3. The number of likely N-dealkylation sites (N-methyl/N-ethyl adjacent to an activating group) is 1. The Morgan fingerprint density at radius 3 is 2.84 bits per heavy atom. The quantitative estimate of drug-likeness (QED) is 0.658. The lowest BCUT2D eigenvalue weighted by atomic mass is 10.1. The van der Waals surface area contributed by atoms with Crippen molar-refractivity contribution in [1.29, 1.82) is 5.26 Å². The van der Waals surface area contributed by atoms with E-state index in [1.54, 1.807) is 17.0 Å². The number of carbonyl (C=O) groups excluding carboxylic acids is 1. The van der Waals surface area contributed by atoms with Crippen molar-refractivity contribution in [2.75, 3.05) is 39.5 Å². The van der Waals surface area contributed by atoms with E-state index in [9.17, 15) is 4.79 Å². The molecule has 1 fully saturated rings. The Labute approximate surface area is 156 Å². The predicted octanol–water partition coefficient (Wildman–Crippen LogP) is 2.98. The van der Waals surface area contributed by atoms with Gasteiger partial charge in [-0.15, -0.1) is 0 Å². The summed E-state index contributed by atoms with van der Waals surface area (Å²) in [5.74, 6) is 1.21. The van der Waals surface area contributed by atoms with E-state index in [2.05, 4.69) is 22.0 Å². The standard InChI is InChI=1S/C18H23BrN2O4/c1-3-21(10-13-5-6-23-11-13)17(22)12-25-18-15(19)7-14(9-20)8-16(18)24-4-2/h7-8,13H,3-6,10-12H2,1-2H3. The second-order valence-electron chi connectivity index (χ2n) is 5.78. The maximum absolute atomic E-state index is 12.5. The summed E-state index contributed by atoms with van der Waals surface area (Å²) in [6.45, 7) is 6.96. The third-order valence-electron chi connectivity index (χ3n) is 4.02. The number of hydrogen-bond acceptors (Lipinski definition) is 5. The second-order valence-corrected chi connectivity index (χ2v) is 6.64. The molecule has 25 heavy (non-hydrogen) atoms. The summed E-state index contributed by atoms with van der Waals surface area (Å²) in [6, 6.07) is 5.34. The molecule has 2 rings (SSSR count). The first-order chi connectivity index (χ1) is 12.1. The van der Waals surface area contributed by atoms with Crippen molar-refractivity contribution in [3.63, 3.8) is 0 Å². The Morgan fingerprint density at radius 1 is 1.44 bits per heavy atom. The molecule has 0 N–H and O–H groups in total. The van der Waals surface area contributed by atoms with Crippen LogP contribution in [-0.4, -0.2) is 50.3 Å². The van der Waals surface area contributed by atoms with Crippen molar-refractivity contribution in [3.05, 3.63) is 22.2 Å². The summed E-state index contributed by atoms with van der Waals surface area (Å²) in [5, 5.41) is 9.07. The summed E-state index contributed by atoms with van der Waals surface area (Å²) in [7, 11) is 0. The first kappa shape index (κ1) is 19.5. The molecule has 0 aromatic heterocycles. The van der Waals surface area contributed by atoms with E-state index in [0.29, 0.717) is 53.8 Å². The molecule has 1 amide bonds. The molecule has 1 aliphatic heterocycles. The molecule has 1 unspecified atom stereocenters. The monoisotopic (exact) mass is 410 g/mol. The maximum Gasteiger partial charge on any atom is 0.260 e.